The molecule has 0 saturated carbocycles. The first-order valence-electron chi connectivity index (χ1n) is 5.93. The zero-order valence-electron chi connectivity index (χ0n) is 10.7. The van der Waals surface area contributed by atoms with Crippen molar-refractivity contribution in [1.82, 2.24) is 0 Å². The fourth-order valence-electron chi connectivity index (χ4n) is 0.841. The van der Waals surface area contributed by atoms with Crippen LogP contribution in [0.15, 0.2) is 0 Å². The Labute approximate surface area is 97.0 Å². The molecule has 0 aliphatic carbocycles. The Kier molecular flexibility index (Phi) is 14.0. The Morgan fingerprint density at radius 1 is 0.929 bits per heavy atom. The van der Waals surface area contributed by atoms with Gasteiger partial charge in [0.25, 0.3) is 0 Å². The minimum atomic E-state index is -0.750. The van der Waals surface area contributed by atoms with E-state index in [-0.39, 0.29) is 0 Å². The van der Waals surface area contributed by atoms with E-state index in [0.29, 0.717) is 0 Å². The van der Waals surface area contributed by atoms with Gasteiger partial charge >= 0.3 is 65.3 Å². The van der Waals surface area contributed by atoms with Crippen molar-refractivity contribution in [3.05, 3.63) is 0 Å². The Hall–Kier alpha value is 0.492. The van der Waals surface area contributed by atoms with E-state index < -0.39 is 5.60 Å². The summed E-state index contributed by atoms with van der Waals surface area (Å²) >= 11 is 0.818. The molecule has 84 valence electrons. The first kappa shape index (κ1) is 16.9. The Morgan fingerprint density at radius 2 is 1.21 bits per heavy atom. The van der Waals surface area contributed by atoms with Crippen LogP contribution in [0.1, 0.15) is 60.3 Å². The first-order chi connectivity index (χ1) is 6.41. The predicted molar refractivity (Wildman–Crippen MR) is 64.9 cm³/mol. The number of rotatable bonds is 6. The van der Waals surface area contributed by atoms with E-state index in [1.165, 1.54) is 36.2 Å². The van der Waals surface area contributed by atoms with E-state index in [0.717, 1.165) is 15.2 Å². The van der Waals surface area contributed by atoms with Crippen molar-refractivity contribution < 1.29 is 5.11 Å². The summed E-state index contributed by atoms with van der Waals surface area (Å²) in [6, 6.07) is 0. The molecule has 0 saturated heterocycles. The third-order valence-corrected chi connectivity index (χ3v) is 3.16. The summed E-state index contributed by atoms with van der Waals surface area (Å²) in [6.07, 6.45) is 5.72. The van der Waals surface area contributed by atoms with Gasteiger partial charge in [-0.05, 0) is 0 Å². The molecular weight excluding hydrogens is 187 g/mol. The van der Waals surface area contributed by atoms with Gasteiger partial charge in [0.2, 0.25) is 0 Å². The van der Waals surface area contributed by atoms with Crippen molar-refractivity contribution in [2.75, 3.05) is 0 Å². The zero-order valence-corrected chi connectivity index (χ0v) is 11.9. The summed E-state index contributed by atoms with van der Waals surface area (Å²) in [5.74, 6) is 0. The van der Waals surface area contributed by atoms with Crippen molar-refractivity contribution in [3.63, 3.8) is 0 Å². The molecule has 0 atom stereocenters. The van der Waals surface area contributed by atoms with Crippen LogP contribution < -0.4 is 5.11 Å². The van der Waals surface area contributed by atoms with Crippen LogP contribution in [0, 0.1) is 0 Å². The van der Waals surface area contributed by atoms with Crippen molar-refractivity contribution in [1.29, 1.82) is 0 Å². The summed E-state index contributed by atoms with van der Waals surface area (Å²) in [5, 5.41) is 13.2. The van der Waals surface area contributed by atoms with Crippen LogP contribution in [-0.2, 0) is 0 Å². The third kappa shape index (κ3) is 39.1. The van der Waals surface area contributed by atoms with Crippen molar-refractivity contribution in [2.45, 2.75) is 76.5 Å². The van der Waals surface area contributed by atoms with Gasteiger partial charge in [0, 0.05) is 0 Å². The molecule has 0 fully saturated rings. The van der Waals surface area contributed by atoms with Crippen LogP contribution in [0.2, 0.25) is 10.6 Å². The van der Waals surface area contributed by atoms with Gasteiger partial charge in [0.1, 0.15) is 0 Å². The quantitative estimate of drug-likeness (QED) is 0.491. The van der Waals surface area contributed by atoms with Crippen molar-refractivity contribution in [2.24, 2.45) is 0 Å². The molecular formula is C12H27AlO. The molecule has 2 heteroatoms. The molecule has 0 rings (SSSR count). The second kappa shape index (κ2) is 11.6. The Bertz CT molecular complexity index is 85.0. The topological polar surface area (TPSA) is 23.1 Å². The normalized spacial score (nSPS) is 10.1. The van der Waals surface area contributed by atoms with Crippen LogP contribution in [-0.4, -0.2) is 20.8 Å². The van der Waals surface area contributed by atoms with Gasteiger partial charge in [0.15, 0.2) is 0 Å². The van der Waals surface area contributed by atoms with E-state index in [1.54, 1.807) is 20.8 Å². The van der Waals surface area contributed by atoms with Gasteiger partial charge in [-0.15, -0.1) is 5.60 Å². The maximum absolute atomic E-state index is 10.1. The standard InChI is InChI=1S/C4H9O.2C4H9.Al/c1-4(2,3)5;2*1-3-4-2;/h1-3H3;2*1,3-4H2,2H3;/q-1;;;+1. The fraction of sp³-hybridized carbons (Fsp3) is 1.00. The third-order valence-electron chi connectivity index (χ3n) is 1.52. The van der Waals surface area contributed by atoms with Gasteiger partial charge in [0.05, 0.1) is 0 Å². The summed E-state index contributed by atoms with van der Waals surface area (Å²) in [5.41, 5.74) is -0.750. The van der Waals surface area contributed by atoms with Crippen molar-refractivity contribution >= 4 is 15.2 Å². The summed E-state index contributed by atoms with van der Waals surface area (Å²) in [4.78, 5) is 0. The molecule has 0 radical (unpaired) electrons. The van der Waals surface area contributed by atoms with Gasteiger partial charge in [-0.2, -0.15) is 0 Å². The average molecular weight is 214 g/mol. The van der Waals surface area contributed by atoms with Gasteiger partial charge in [-0.1, -0.05) is 20.8 Å². The van der Waals surface area contributed by atoms with Gasteiger partial charge < -0.3 is 5.11 Å². The number of unbranched alkanes of at least 4 members (excludes halogenated alkanes) is 2. The molecule has 0 unspecified atom stereocenters. The van der Waals surface area contributed by atoms with Crippen molar-refractivity contribution in [3.8, 4) is 0 Å². The molecule has 0 aliphatic heterocycles. The molecule has 0 spiro atoms. The van der Waals surface area contributed by atoms with E-state index >= 15 is 0 Å². The molecule has 0 amide bonds. The molecule has 0 bridgehead atoms. The first-order valence-corrected chi connectivity index (χ1v) is 7.57. The summed E-state index contributed by atoms with van der Waals surface area (Å²) in [6.45, 7) is 9.45. The Balaban J connectivity index is 0. The second-order valence-corrected chi connectivity index (χ2v) is 6.42. The second-order valence-electron chi connectivity index (χ2n) is 4.69. The predicted octanol–water partition coefficient (Wildman–Crippen LogP) is 3.27. The molecule has 1 nitrogen and oxygen atoms in total. The van der Waals surface area contributed by atoms with Gasteiger partial charge in [-0.3, -0.25) is 0 Å². The van der Waals surface area contributed by atoms with E-state index in [9.17, 15) is 5.11 Å². The van der Waals surface area contributed by atoms with E-state index in [4.69, 9.17) is 0 Å². The summed E-state index contributed by atoms with van der Waals surface area (Å²) in [7, 11) is 0. The van der Waals surface area contributed by atoms with E-state index in [2.05, 4.69) is 13.8 Å². The molecule has 0 aromatic rings. The van der Waals surface area contributed by atoms with Crippen LogP contribution >= 0.6 is 0 Å². The van der Waals surface area contributed by atoms with Gasteiger partial charge in [-0.25, -0.2) is 0 Å². The average Bonchev–Trinajstić information content (AvgIpc) is 2.01. The molecule has 14 heavy (non-hydrogen) atoms. The summed E-state index contributed by atoms with van der Waals surface area (Å²) < 4.78 is 0. The monoisotopic (exact) mass is 214 g/mol. The Morgan fingerprint density at radius 3 is 1.43 bits per heavy atom. The van der Waals surface area contributed by atoms with Crippen LogP contribution in [0.5, 0.6) is 0 Å². The SMILES string of the molecule is CC(C)(C)[O-].CCC[CH2][Al+][CH2]CCC. The molecule has 0 aromatic carbocycles. The zero-order chi connectivity index (χ0) is 11.4. The minimum absolute atomic E-state index is 0.750. The number of hydrogen-bond acceptors (Lipinski definition) is 1. The van der Waals surface area contributed by atoms with Crippen LogP contribution in [0.4, 0.5) is 0 Å². The van der Waals surface area contributed by atoms with Crippen LogP contribution in [0.25, 0.3) is 0 Å². The molecule has 0 N–H and O–H groups in total. The fourth-order valence-corrected chi connectivity index (χ4v) is 2.52. The maximum atomic E-state index is 10.1. The van der Waals surface area contributed by atoms with Crippen LogP contribution in [0.3, 0.4) is 0 Å². The van der Waals surface area contributed by atoms with E-state index in [1.807, 2.05) is 0 Å². The molecule has 0 aromatic heterocycles. The number of hydrogen-bond donors (Lipinski definition) is 0. The molecule has 0 heterocycles. The molecule has 0 aliphatic rings.